The van der Waals surface area contributed by atoms with Crippen LogP contribution in [0.2, 0.25) is 0 Å². The van der Waals surface area contributed by atoms with E-state index >= 15 is 0 Å². The molecule has 1 aliphatic rings. The van der Waals surface area contributed by atoms with Crippen LogP contribution in [0.5, 0.6) is 5.75 Å². The summed E-state index contributed by atoms with van der Waals surface area (Å²) in [6.07, 6.45) is 2.46. The van der Waals surface area contributed by atoms with E-state index in [1.807, 2.05) is 36.4 Å². The Morgan fingerprint density at radius 2 is 1.94 bits per heavy atom. The third kappa shape index (κ3) is 2.27. The lowest BCUT2D eigenvalue weighted by molar-refractivity contribution is 0.416. The van der Waals surface area contributed by atoms with Crippen LogP contribution in [0.3, 0.4) is 0 Å². The van der Waals surface area contributed by atoms with Crippen LogP contribution in [0.15, 0.2) is 36.4 Å². The number of para-hydroxylation sites is 1. The van der Waals surface area contributed by atoms with E-state index in [1.165, 1.54) is 12.8 Å². The van der Waals surface area contributed by atoms with Crippen molar-refractivity contribution in [3.63, 3.8) is 0 Å². The quantitative estimate of drug-likeness (QED) is 0.894. The zero-order chi connectivity index (χ0) is 12.4. The van der Waals surface area contributed by atoms with E-state index in [-0.39, 0.29) is 0 Å². The van der Waals surface area contributed by atoms with E-state index < -0.39 is 0 Å². The summed E-state index contributed by atoms with van der Waals surface area (Å²) in [6, 6.07) is 12.3. The second kappa shape index (κ2) is 4.64. The molecule has 1 aromatic heterocycles. The molecule has 18 heavy (non-hydrogen) atoms. The van der Waals surface area contributed by atoms with E-state index in [0.29, 0.717) is 6.04 Å². The molecular formula is C14H15N3O. The van der Waals surface area contributed by atoms with Crippen LogP contribution in [-0.4, -0.2) is 23.3 Å². The smallest absolute Gasteiger partial charge is 0.148 e. The van der Waals surface area contributed by atoms with E-state index in [9.17, 15) is 0 Å². The van der Waals surface area contributed by atoms with Gasteiger partial charge in [-0.1, -0.05) is 12.1 Å². The van der Waals surface area contributed by atoms with E-state index in [1.54, 1.807) is 7.11 Å². The third-order valence-electron chi connectivity index (χ3n) is 2.98. The average molecular weight is 241 g/mol. The Morgan fingerprint density at radius 3 is 2.61 bits per heavy atom. The van der Waals surface area contributed by atoms with Crippen LogP contribution in [0, 0.1) is 0 Å². The molecule has 1 heterocycles. The SMILES string of the molecule is COc1ccccc1-c1ccc(NC2CC2)nn1. The van der Waals surface area contributed by atoms with Crippen LogP contribution in [0.4, 0.5) is 5.82 Å². The van der Waals surface area contributed by atoms with Gasteiger partial charge in [0.05, 0.1) is 12.8 Å². The van der Waals surface area contributed by atoms with Gasteiger partial charge in [0.25, 0.3) is 0 Å². The summed E-state index contributed by atoms with van der Waals surface area (Å²) in [4.78, 5) is 0. The molecule has 1 aliphatic carbocycles. The molecule has 0 spiro atoms. The highest BCUT2D eigenvalue weighted by Crippen LogP contribution is 2.28. The van der Waals surface area contributed by atoms with Gasteiger partial charge in [-0.3, -0.25) is 0 Å². The lowest BCUT2D eigenvalue weighted by atomic mass is 10.1. The number of ether oxygens (including phenoxy) is 1. The van der Waals surface area contributed by atoms with Crippen LogP contribution >= 0.6 is 0 Å². The van der Waals surface area contributed by atoms with Gasteiger partial charge in [-0.15, -0.1) is 10.2 Å². The highest BCUT2D eigenvalue weighted by Gasteiger charge is 2.21. The predicted octanol–water partition coefficient (Wildman–Crippen LogP) is 2.73. The van der Waals surface area contributed by atoms with Crippen molar-refractivity contribution >= 4 is 5.82 Å². The number of nitrogens with one attached hydrogen (secondary N) is 1. The van der Waals surface area contributed by atoms with Crippen molar-refractivity contribution in [2.24, 2.45) is 0 Å². The number of hydrogen-bond donors (Lipinski definition) is 1. The maximum atomic E-state index is 5.32. The van der Waals surface area contributed by atoms with Gasteiger partial charge in [-0.25, -0.2) is 0 Å². The Hall–Kier alpha value is -2.10. The number of hydrogen-bond acceptors (Lipinski definition) is 4. The fourth-order valence-electron chi connectivity index (χ4n) is 1.85. The predicted molar refractivity (Wildman–Crippen MR) is 70.7 cm³/mol. The molecule has 0 radical (unpaired) electrons. The summed E-state index contributed by atoms with van der Waals surface area (Å²) in [6.45, 7) is 0. The second-order valence-electron chi connectivity index (χ2n) is 4.42. The number of aromatic nitrogens is 2. The highest BCUT2D eigenvalue weighted by molar-refractivity contribution is 5.67. The molecule has 1 saturated carbocycles. The largest absolute Gasteiger partial charge is 0.496 e. The molecule has 0 saturated heterocycles. The van der Waals surface area contributed by atoms with Gasteiger partial charge in [-0.2, -0.15) is 0 Å². The first-order chi connectivity index (χ1) is 8.86. The topological polar surface area (TPSA) is 47.0 Å². The first kappa shape index (κ1) is 11.0. The van der Waals surface area contributed by atoms with Gasteiger partial charge in [-0.05, 0) is 37.1 Å². The van der Waals surface area contributed by atoms with Crippen molar-refractivity contribution in [3.05, 3.63) is 36.4 Å². The summed E-state index contributed by atoms with van der Waals surface area (Å²) in [5.74, 6) is 1.66. The number of methoxy groups -OCH3 is 1. The molecule has 0 aliphatic heterocycles. The van der Waals surface area contributed by atoms with E-state index in [2.05, 4.69) is 15.5 Å². The lowest BCUT2D eigenvalue weighted by Gasteiger charge is -2.07. The van der Waals surface area contributed by atoms with Crippen molar-refractivity contribution in [2.45, 2.75) is 18.9 Å². The molecule has 0 bridgehead atoms. The first-order valence-corrected chi connectivity index (χ1v) is 6.10. The van der Waals surface area contributed by atoms with E-state index in [0.717, 1.165) is 22.8 Å². The molecule has 1 aromatic carbocycles. The molecule has 1 N–H and O–H groups in total. The van der Waals surface area contributed by atoms with Crippen molar-refractivity contribution in [3.8, 4) is 17.0 Å². The van der Waals surface area contributed by atoms with Crippen molar-refractivity contribution in [1.29, 1.82) is 0 Å². The minimum Gasteiger partial charge on any atom is -0.496 e. The van der Waals surface area contributed by atoms with Crippen molar-refractivity contribution in [2.75, 3.05) is 12.4 Å². The summed E-state index contributed by atoms with van der Waals surface area (Å²) in [5, 5.41) is 11.8. The minimum atomic E-state index is 0.594. The molecular weight excluding hydrogens is 226 g/mol. The Kier molecular flexibility index (Phi) is 2.84. The average Bonchev–Trinajstić information content (AvgIpc) is 3.24. The molecule has 4 heteroatoms. The molecule has 1 fully saturated rings. The maximum absolute atomic E-state index is 5.32. The summed E-state index contributed by atoms with van der Waals surface area (Å²) < 4.78 is 5.32. The van der Waals surface area contributed by atoms with E-state index in [4.69, 9.17) is 4.74 Å². The molecule has 0 amide bonds. The zero-order valence-corrected chi connectivity index (χ0v) is 10.3. The number of rotatable bonds is 4. The fraction of sp³-hybridized carbons (Fsp3) is 0.286. The molecule has 3 rings (SSSR count). The standard InChI is InChI=1S/C14H15N3O/c1-18-13-5-3-2-4-11(13)12-8-9-14(17-16-12)15-10-6-7-10/h2-5,8-10H,6-7H2,1H3,(H,15,17). The molecule has 4 nitrogen and oxygen atoms in total. The number of nitrogens with zero attached hydrogens (tertiary/aromatic N) is 2. The fourth-order valence-corrected chi connectivity index (χ4v) is 1.85. The summed E-state index contributed by atoms with van der Waals surface area (Å²) >= 11 is 0. The van der Waals surface area contributed by atoms with Gasteiger partial charge < -0.3 is 10.1 Å². The van der Waals surface area contributed by atoms with Crippen LogP contribution in [0.1, 0.15) is 12.8 Å². The highest BCUT2D eigenvalue weighted by atomic mass is 16.5. The summed E-state index contributed by atoms with van der Waals surface area (Å²) in [5.41, 5.74) is 1.79. The second-order valence-corrected chi connectivity index (χ2v) is 4.42. The van der Waals surface area contributed by atoms with Gasteiger partial charge in [0, 0.05) is 11.6 Å². The summed E-state index contributed by atoms with van der Waals surface area (Å²) in [7, 11) is 1.66. The number of benzene rings is 1. The molecule has 0 atom stereocenters. The minimum absolute atomic E-state index is 0.594. The normalized spacial score (nSPS) is 14.3. The Labute approximate surface area is 106 Å². The van der Waals surface area contributed by atoms with Crippen LogP contribution in [0.25, 0.3) is 11.3 Å². The maximum Gasteiger partial charge on any atom is 0.148 e. The van der Waals surface area contributed by atoms with Gasteiger partial charge in [0.2, 0.25) is 0 Å². The molecule has 0 unspecified atom stereocenters. The van der Waals surface area contributed by atoms with Crippen LogP contribution in [-0.2, 0) is 0 Å². The Bertz CT molecular complexity index is 535. The Balaban J connectivity index is 1.86. The Morgan fingerprint density at radius 1 is 1.11 bits per heavy atom. The van der Waals surface area contributed by atoms with Crippen molar-refractivity contribution < 1.29 is 4.74 Å². The van der Waals surface area contributed by atoms with Gasteiger partial charge in [0.15, 0.2) is 0 Å². The third-order valence-corrected chi connectivity index (χ3v) is 2.98. The molecule has 2 aromatic rings. The van der Waals surface area contributed by atoms with Crippen LogP contribution < -0.4 is 10.1 Å². The van der Waals surface area contributed by atoms with Crippen molar-refractivity contribution in [1.82, 2.24) is 10.2 Å². The lowest BCUT2D eigenvalue weighted by Crippen LogP contribution is -2.04. The monoisotopic (exact) mass is 241 g/mol. The molecule has 92 valence electrons. The zero-order valence-electron chi connectivity index (χ0n) is 10.3. The van der Waals surface area contributed by atoms with Gasteiger partial charge in [0.1, 0.15) is 11.6 Å². The first-order valence-electron chi connectivity index (χ1n) is 6.10. The van der Waals surface area contributed by atoms with Gasteiger partial charge >= 0.3 is 0 Å². The number of anilines is 1.